The van der Waals surface area contributed by atoms with Crippen LogP contribution >= 0.6 is 11.6 Å². The number of ether oxygens (including phenoxy) is 1. The number of rotatable bonds is 6. The number of aryl methyl sites for hydroxylation is 1. The Labute approximate surface area is 182 Å². The van der Waals surface area contributed by atoms with Gasteiger partial charge in [-0.25, -0.2) is 0 Å². The molecule has 0 unspecified atom stereocenters. The zero-order chi connectivity index (χ0) is 21.8. The van der Waals surface area contributed by atoms with Crippen molar-refractivity contribution in [1.82, 2.24) is 0 Å². The Morgan fingerprint density at radius 3 is 2.20 bits per heavy atom. The molecular formula is C26H25ClO3. The predicted octanol–water partition coefficient (Wildman–Crippen LogP) is 6.71. The van der Waals surface area contributed by atoms with Gasteiger partial charge < -0.3 is 4.74 Å². The molecule has 0 fully saturated rings. The monoisotopic (exact) mass is 420 g/mol. The zero-order valence-electron chi connectivity index (χ0n) is 17.6. The van der Waals surface area contributed by atoms with Crippen molar-refractivity contribution in [2.75, 3.05) is 0 Å². The number of ketones is 1. The number of esters is 1. The Bertz CT molecular complexity index is 1070. The minimum atomic E-state index is -0.524. The average molecular weight is 421 g/mol. The number of halogens is 1. The summed E-state index contributed by atoms with van der Waals surface area (Å²) in [6, 6.07) is 19.9. The van der Waals surface area contributed by atoms with E-state index in [0.29, 0.717) is 21.9 Å². The largest absolute Gasteiger partial charge is 0.426 e. The van der Waals surface area contributed by atoms with Gasteiger partial charge in [0.1, 0.15) is 5.75 Å². The molecule has 0 saturated heterocycles. The highest BCUT2D eigenvalue weighted by atomic mass is 35.5. The number of carbonyl (C=O) groups is 2. The Morgan fingerprint density at radius 2 is 1.53 bits per heavy atom. The Morgan fingerprint density at radius 1 is 0.867 bits per heavy atom. The van der Waals surface area contributed by atoms with E-state index in [2.05, 4.69) is 0 Å². The summed E-state index contributed by atoms with van der Waals surface area (Å²) >= 11 is 6.25. The van der Waals surface area contributed by atoms with Crippen LogP contribution in [0, 0.1) is 6.92 Å². The topological polar surface area (TPSA) is 43.4 Å². The van der Waals surface area contributed by atoms with Crippen LogP contribution in [0.4, 0.5) is 0 Å². The van der Waals surface area contributed by atoms with Gasteiger partial charge >= 0.3 is 5.97 Å². The van der Waals surface area contributed by atoms with Crippen LogP contribution in [0.5, 0.6) is 5.75 Å². The fourth-order valence-corrected chi connectivity index (χ4v) is 3.42. The maximum Gasteiger partial charge on any atom is 0.318 e. The van der Waals surface area contributed by atoms with Gasteiger partial charge in [0.15, 0.2) is 5.78 Å². The molecule has 0 aliphatic carbocycles. The maximum absolute atomic E-state index is 12.9. The third kappa shape index (κ3) is 4.80. The molecule has 0 aliphatic heterocycles. The third-order valence-corrected chi connectivity index (χ3v) is 5.57. The van der Waals surface area contributed by atoms with Crippen LogP contribution in [0.25, 0.3) is 0 Å². The summed E-state index contributed by atoms with van der Waals surface area (Å²) in [5, 5.41) is 0.652. The molecule has 0 heterocycles. The average Bonchev–Trinajstić information content (AvgIpc) is 2.75. The molecule has 0 bridgehead atoms. The summed E-state index contributed by atoms with van der Waals surface area (Å²) in [5.74, 6) is -0.283. The predicted molar refractivity (Wildman–Crippen MR) is 121 cm³/mol. The van der Waals surface area contributed by atoms with Crippen molar-refractivity contribution in [2.24, 2.45) is 0 Å². The molecule has 0 amide bonds. The molecule has 0 aromatic heterocycles. The van der Waals surface area contributed by atoms with Crippen molar-refractivity contribution in [2.45, 2.75) is 39.5 Å². The highest BCUT2D eigenvalue weighted by Gasteiger charge is 2.21. The molecule has 3 rings (SSSR count). The van der Waals surface area contributed by atoms with Crippen LogP contribution in [0.15, 0.2) is 66.7 Å². The van der Waals surface area contributed by atoms with Crippen molar-refractivity contribution in [3.63, 3.8) is 0 Å². The van der Waals surface area contributed by atoms with E-state index in [1.165, 1.54) is 0 Å². The van der Waals surface area contributed by atoms with Gasteiger partial charge in [0.2, 0.25) is 0 Å². The number of hydrogen-bond donors (Lipinski definition) is 0. The summed E-state index contributed by atoms with van der Waals surface area (Å²) in [5.41, 5.74) is 3.64. The molecule has 0 spiro atoms. The molecule has 0 saturated carbocycles. The van der Waals surface area contributed by atoms with Gasteiger partial charge in [0, 0.05) is 16.1 Å². The Kier molecular flexibility index (Phi) is 6.73. The summed E-state index contributed by atoms with van der Waals surface area (Å²) < 4.78 is 5.76. The van der Waals surface area contributed by atoms with E-state index < -0.39 is 5.92 Å². The molecule has 0 N–H and O–H groups in total. The van der Waals surface area contributed by atoms with E-state index in [4.69, 9.17) is 16.3 Å². The van der Waals surface area contributed by atoms with Gasteiger partial charge in [-0.15, -0.1) is 0 Å². The van der Waals surface area contributed by atoms with Crippen LogP contribution in [0.3, 0.4) is 0 Å². The van der Waals surface area contributed by atoms with Crippen LogP contribution < -0.4 is 4.74 Å². The van der Waals surface area contributed by atoms with Crippen molar-refractivity contribution >= 4 is 23.4 Å². The van der Waals surface area contributed by atoms with Gasteiger partial charge in [-0.3, -0.25) is 9.59 Å². The number of benzene rings is 3. The molecule has 3 aromatic rings. The second-order valence-corrected chi connectivity index (χ2v) is 8.16. The lowest BCUT2D eigenvalue weighted by Crippen LogP contribution is -2.18. The van der Waals surface area contributed by atoms with Crippen molar-refractivity contribution in [3.8, 4) is 5.75 Å². The highest BCUT2D eigenvalue weighted by Crippen LogP contribution is 2.33. The molecule has 1 atom stereocenters. The summed E-state index contributed by atoms with van der Waals surface area (Å²) in [7, 11) is 0. The fourth-order valence-electron chi connectivity index (χ4n) is 3.25. The van der Waals surface area contributed by atoms with Crippen molar-refractivity contribution < 1.29 is 14.3 Å². The third-order valence-electron chi connectivity index (χ3n) is 5.16. The number of carbonyl (C=O) groups excluding carboxylic acids is 2. The molecule has 3 aromatic carbocycles. The molecular weight excluding hydrogens is 396 g/mol. The summed E-state index contributed by atoms with van der Waals surface area (Å²) in [4.78, 5) is 25.6. The normalized spacial score (nSPS) is 11.9. The van der Waals surface area contributed by atoms with E-state index >= 15 is 0 Å². The fraction of sp³-hybridized carbons (Fsp3) is 0.231. The first kappa shape index (κ1) is 21.8. The van der Waals surface area contributed by atoms with Gasteiger partial charge in [-0.05, 0) is 54.7 Å². The van der Waals surface area contributed by atoms with Crippen molar-refractivity contribution in [1.29, 1.82) is 0 Å². The summed E-state index contributed by atoms with van der Waals surface area (Å²) in [6.07, 6.45) is 0. The minimum absolute atomic E-state index is 0.0755. The lowest BCUT2D eigenvalue weighted by atomic mass is 9.95. The van der Waals surface area contributed by atoms with Crippen LogP contribution in [-0.2, 0) is 4.79 Å². The molecule has 0 aliphatic rings. The van der Waals surface area contributed by atoms with Gasteiger partial charge in [0.05, 0.1) is 5.92 Å². The van der Waals surface area contributed by atoms with Crippen LogP contribution in [0.2, 0.25) is 5.02 Å². The van der Waals surface area contributed by atoms with E-state index in [1.54, 1.807) is 43.3 Å². The van der Waals surface area contributed by atoms with E-state index in [0.717, 1.165) is 16.7 Å². The van der Waals surface area contributed by atoms with Crippen molar-refractivity contribution in [3.05, 3.63) is 99.6 Å². The van der Waals surface area contributed by atoms with Gasteiger partial charge in [-0.2, -0.15) is 0 Å². The minimum Gasteiger partial charge on any atom is -0.426 e. The first-order valence-corrected chi connectivity index (χ1v) is 10.4. The van der Waals surface area contributed by atoms with E-state index in [1.807, 2.05) is 51.1 Å². The standard InChI is InChI=1S/C26H25ClO3/c1-16(2)22-15-23(27)17(3)13-24(22)30-26(29)18(4)20-11-8-12-21(14-20)25(28)19-9-6-5-7-10-19/h5-16,18H,1-4H3/t18-/m0/s1. The maximum atomic E-state index is 12.9. The molecule has 154 valence electrons. The zero-order valence-corrected chi connectivity index (χ0v) is 18.4. The molecule has 0 radical (unpaired) electrons. The summed E-state index contributed by atoms with van der Waals surface area (Å²) in [6.45, 7) is 7.72. The van der Waals surface area contributed by atoms with Crippen LogP contribution in [-0.4, -0.2) is 11.8 Å². The first-order chi connectivity index (χ1) is 14.3. The van der Waals surface area contributed by atoms with E-state index in [-0.39, 0.29) is 17.7 Å². The lowest BCUT2D eigenvalue weighted by Gasteiger charge is -2.17. The quantitative estimate of drug-likeness (QED) is 0.253. The van der Waals surface area contributed by atoms with Gasteiger partial charge in [-0.1, -0.05) is 74.0 Å². The van der Waals surface area contributed by atoms with Gasteiger partial charge in [0.25, 0.3) is 0 Å². The lowest BCUT2D eigenvalue weighted by molar-refractivity contribution is -0.135. The second kappa shape index (κ2) is 9.27. The SMILES string of the molecule is Cc1cc(OC(=O)[C@@H](C)c2cccc(C(=O)c3ccccc3)c2)c(C(C)C)cc1Cl. The number of hydrogen-bond acceptors (Lipinski definition) is 3. The highest BCUT2D eigenvalue weighted by molar-refractivity contribution is 6.31. The smallest absolute Gasteiger partial charge is 0.318 e. The first-order valence-electron chi connectivity index (χ1n) is 9.99. The van der Waals surface area contributed by atoms with E-state index in [9.17, 15) is 9.59 Å². The molecule has 4 heteroatoms. The molecule has 30 heavy (non-hydrogen) atoms. The second-order valence-electron chi connectivity index (χ2n) is 7.76. The van der Waals surface area contributed by atoms with Crippen LogP contribution in [0.1, 0.15) is 65.2 Å². The molecule has 3 nitrogen and oxygen atoms in total. The Balaban J connectivity index is 1.84. The Hall–Kier alpha value is -2.91.